The summed E-state index contributed by atoms with van der Waals surface area (Å²) in [4.78, 5) is 4.62. The van der Waals surface area contributed by atoms with Gasteiger partial charge in [0.05, 0.1) is 22.7 Å². The van der Waals surface area contributed by atoms with Gasteiger partial charge in [-0.25, -0.2) is 9.55 Å². The van der Waals surface area contributed by atoms with E-state index < -0.39 is 6.80 Å². The monoisotopic (exact) mass is 395 g/mol. The van der Waals surface area contributed by atoms with E-state index in [-0.39, 0.29) is 0 Å². The van der Waals surface area contributed by atoms with E-state index in [0.717, 1.165) is 28.2 Å². The summed E-state index contributed by atoms with van der Waals surface area (Å²) in [6, 6.07) is 13.4. The lowest BCUT2D eigenvalue weighted by atomic mass is 10.1. The molecule has 0 radical (unpaired) electrons. The van der Waals surface area contributed by atoms with Crippen molar-refractivity contribution in [3.05, 3.63) is 47.5 Å². The Balaban J connectivity index is 2.01. The lowest BCUT2D eigenvalue weighted by Crippen LogP contribution is -1.97. The van der Waals surface area contributed by atoms with Crippen molar-refractivity contribution < 1.29 is 13.6 Å². The number of halogens is 1. The van der Waals surface area contributed by atoms with Crippen LogP contribution in [0.15, 0.2) is 42.5 Å². The van der Waals surface area contributed by atoms with Crippen LogP contribution in [0.3, 0.4) is 0 Å². The summed E-state index contributed by atoms with van der Waals surface area (Å²) < 4.78 is 24.0. The molecule has 0 N–H and O–H groups in total. The standard InChI is InChI=1S/C18H19ClNO3PS/c1-3-9-25-24(21,22-4-2)23-18-11-14-10-13-7-5-6-8-16(13)20-17(14)12-15(18)19/h5-8,10-12H,3-4,9H2,1-2H3. The summed E-state index contributed by atoms with van der Waals surface area (Å²) >= 11 is 7.54. The number of aromatic nitrogens is 1. The van der Waals surface area contributed by atoms with Gasteiger partial charge in [-0.2, -0.15) is 0 Å². The van der Waals surface area contributed by atoms with Crippen molar-refractivity contribution in [1.82, 2.24) is 4.98 Å². The van der Waals surface area contributed by atoms with Crippen molar-refractivity contribution in [3.63, 3.8) is 0 Å². The number of hydrogen-bond acceptors (Lipinski definition) is 5. The quantitative estimate of drug-likeness (QED) is 0.328. The Kier molecular flexibility index (Phi) is 5.90. The van der Waals surface area contributed by atoms with Gasteiger partial charge < -0.3 is 4.52 Å². The molecule has 3 aromatic rings. The van der Waals surface area contributed by atoms with Gasteiger partial charge in [0.2, 0.25) is 0 Å². The summed E-state index contributed by atoms with van der Waals surface area (Å²) in [5, 5.41) is 2.27. The van der Waals surface area contributed by atoms with Gasteiger partial charge >= 0.3 is 6.80 Å². The largest absolute Gasteiger partial charge is 0.440 e. The highest BCUT2D eigenvalue weighted by molar-refractivity contribution is 8.55. The van der Waals surface area contributed by atoms with E-state index in [1.54, 1.807) is 19.1 Å². The predicted molar refractivity (Wildman–Crippen MR) is 107 cm³/mol. The minimum absolute atomic E-state index is 0.311. The molecule has 25 heavy (non-hydrogen) atoms. The molecule has 0 fully saturated rings. The normalized spacial score (nSPS) is 13.9. The van der Waals surface area contributed by atoms with Crippen LogP contribution in [0.25, 0.3) is 21.8 Å². The van der Waals surface area contributed by atoms with Gasteiger partial charge in [-0.05, 0) is 49.0 Å². The SMILES string of the molecule is CCCSP(=O)(OCC)Oc1cc2cc3ccccc3nc2cc1Cl. The Hall–Kier alpha value is -1.26. The van der Waals surface area contributed by atoms with E-state index in [1.165, 1.54) is 11.4 Å². The van der Waals surface area contributed by atoms with Crippen LogP contribution < -0.4 is 4.52 Å². The summed E-state index contributed by atoms with van der Waals surface area (Å²) in [5.74, 6) is 1.04. The average Bonchev–Trinajstić information content (AvgIpc) is 2.59. The van der Waals surface area contributed by atoms with Gasteiger partial charge in [0.25, 0.3) is 0 Å². The minimum atomic E-state index is -3.30. The third kappa shape index (κ3) is 4.29. The predicted octanol–water partition coefficient (Wildman–Crippen LogP) is 6.71. The molecule has 132 valence electrons. The Morgan fingerprint density at radius 1 is 1.12 bits per heavy atom. The van der Waals surface area contributed by atoms with Gasteiger partial charge in [-0.3, -0.25) is 4.52 Å². The molecule has 1 heterocycles. The topological polar surface area (TPSA) is 48.4 Å². The first kappa shape index (κ1) is 18.5. The fraction of sp³-hybridized carbons (Fsp3) is 0.278. The van der Waals surface area contributed by atoms with Gasteiger partial charge in [0.15, 0.2) is 0 Å². The fourth-order valence-corrected chi connectivity index (χ4v) is 6.12. The molecule has 0 amide bonds. The maximum absolute atomic E-state index is 12.9. The first-order valence-electron chi connectivity index (χ1n) is 8.12. The molecule has 0 saturated heterocycles. The van der Waals surface area contributed by atoms with E-state index in [4.69, 9.17) is 20.6 Å². The van der Waals surface area contributed by atoms with E-state index >= 15 is 0 Å². The van der Waals surface area contributed by atoms with Crippen molar-refractivity contribution >= 4 is 51.6 Å². The fourth-order valence-electron chi connectivity index (χ4n) is 2.42. The molecule has 0 aliphatic carbocycles. The molecule has 3 rings (SSSR count). The number of hydrogen-bond donors (Lipinski definition) is 0. The summed E-state index contributed by atoms with van der Waals surface area (Å²) in [6.07, 6.45) is 0.881. The smallest absolute Gasteiger partial charge is 0.415 e. The number of para-hydroxylation sites is 1. The molecular formula is C18H19ClNO3PS. The van der Waals surface area contributed by atoms with Crippen LogP contribution in [-0.4, -0.2) is 17.3 Å². The Bertz CT molecular complexity index is 950. The maximum Gasteiger partial charge on any atom is 0.440 e. The second-order valence-electron chi connectivity index (χ2n) is 5.45. The maximum atomic E-state index is 12.9. The van der Waals surface area contributed by atoms with Gasteiger partial charge in [-0.15, -0.1) is 0 Å². The highest BCUT2D eigenvalue weighted by atomic mass is 35.5. The van der Waals surface area contributed by atoms with Crippen LogP contribution >= 0.6 is 29.8 Å². The van der Waals surface area contributed by atoms with Crippen molar-refractivity contribution in [2.75, 3.05) is 12.4 Å². The number of pyridine rings is 1. The molecule has 0 aliphatic heterocycles. The van der Waals surface area contributed by atoms with Crippen molar-refractivity contribution in [1.29, 1.82) is 0 Å². The van der Waals surface area contributed by atoms with Gasteiger partial charge in [0.1, 0.15) is 5.75 Å². The van der Waals surface area contributed by atoms with Crippen LogP contribution in [0.4, 0.5) is 0 Å². The van der Waals surface area contributed by atoms with E-state index in [9.17, 15) is 4.57 Å². The zero-order valence-corrected chi connectivity index (χ0v) is 16.5. The lowest BCUT2D eigenvalue weighted by molar-refractivity contribution is 0.296. The third-order valence-electron chi connectivity index (χ3n) is 3.52. The number of rotatable bonds is 7. The molecule has 0 aliphatic rings. The molecule has 1 aromatic heterocycles. The molecular weight excluding hydrogens is 377 g/mol. The average molecular weight is 396 g/mol. The number of benzene rings is 2. The number of fused-ring (bicyclic) bond motifs is 2. The second kappa shape index (κ2) is 7.96. The molecule has 0 spiro atoms. The molecule has 7 heteroatoms. The highest BCUT2D eigenvalue weighted by Crippen LogP contribution is 2.61. The zero-order valence-electron chi connectivity index (χ0n) is 14.1. The first-order valence-corrected chi connectivity index (χ1v) is 11.6. The highest BCUT2D eigenvalue weighted by Gasteiger charge is 2.27. The van der Waals surface area contributed by atoms with Crippen molar-refractivity contribution in [2.24, 2.45) is 0 Å². The lowest BCUT2D eigenvalue weighted by Gasteiger charge is -2.18. The zero-order chi connectivity index (χ0) is 17.9. The number of nitrogens with zero attached hydrogens (tertiary/aromatic N) is 1. The van der Waals surface area contributed by atoms with Crippen LogP contribution in [0.1, 0.15) is 20.3 Å². The molecule has 1 unspecified atom stereocenters. The molecule has 0 saturated carbocycles. The van der Waals surface area contributed by atoms with E-state index in [2.05, 4.69) is 4.98 Å². The second-order valence-corrected chi connectivity index (χ2v) is 9.97. The van der Waals surface area contributed by atoms with Crippen LogP contribution in [0, 0.1) is 0 Å². The van der Waals surface area contributed by atoms with E-state index in [0.29, 0.717) is 23.1 Å². The van der Waals surface area contributed by atoms with E-state index in [1.807, 2.05) is 37.3 Å². The van der Waals surface area contributed by atoms with Crippen LogP contribution in [0.2, 0.25) is 5.02 Å². The Morgan fingerprint density at radius 2 is 1.92 bits per heavy atom. The Morgan fingerprint density at radius 3 is 2.68 bits per heavy atom. The van der Waals surface area contributed by atoms with Crippen molar-refractivity contribution in [3.8, 4) is 5.75 Å². The first-order chi connectivity index (χ1) is 12.0. The summed E-state index contributed by atoms with van der Waals surface area (Å²) in [5.41, 5.74) is 1.67. The minimum Gasteiger partial charge on any atom is -0.415 e. The van der Waals surface area contributed by atoms with Crippen LogP contribution in [0.5, 0.6) is 5.75 Å². The molecule has 1 atom stereocenters. The van der Waals surface area contributed by atoms with Crippen molar-refractivity contribution in [2.45, 2.75) is 20.3 Å². The molecule has 0 bridgehead atoms. The van der Waals surface area contributed by atoms with Gasteiger partial charge in [0, 0.05) is 16.5 Å². The molecule has 4 nitrogen and oxygen atoms in total. The summed E-state index contributed by atoms with van der Waals surface area (Å²) in [6.45, 7) is 0.821. The van der Waals surface area contributed by atoms with Crippen LogP contribution in [-0.2, 0) is 9.09 Å². The Labute approximate surface area is 156 Å². The summed E-state index contributed by atoms with van der Waals surface area (Å²) in [7, 11) is 0. The third-order valence-corrected chi connectivity index (χ3v) is 7.75. The molecule has 2 aromatic carbocycles. The van der Waals surface area contributed by atoms with Gasteiger partial charge in [-0.1, -0.05) is 36.7 Å².